The van der Waals surface area contributed by atoms with Crippen LogP contribution in [0.25, 0.3) is 34.0 Å². The highest BCUT2D eigenvalue weighted by Crippen LogP contribution is 2.36. The van der Waals surface area contributed by atoms with Crippen LogP contribution in [-0.2, 0) is 4.74 Å². The number of hydrogen-bond donors (Lipinski definition) is 1. The first-order chi connectivity index (χ1) is 15.8. The summed E-state index contributed by atoms with van der Waals surface area (Å²) in [4.78, 5) is 18.2. The SMILES string of the molecule is COC1CCN(c2cc(OC(F)(F)F)cc(-c3nc(-c4ccc(C)o4)nc4nc[nH]c34)c2)C1. The smallest absolute Gasteiger partial charge is 0.458 e. The number of aromatic amines is 1. The Balaban J connectivity index is 1.65. The topological polar surface area (TPSA) is 89.3 Å². The fourth-order valence-corrected chi connectivity index (χ4v) is 3.96. The van der Waals surface area contributed by atoms with Crippen LogP contribution in [0.1, 0.15) is 12.2 Å². The monoisotopic (exact) mass is 459 g/mol. The Morgan fingerprint density at radius 1 is 1.18 bits per heavy atom. The molecule has 11 heteroatoms. The highest BCUT2D eigenvalue weighted by atomic mass is 19.4. The van der Waals surface area contributed by atoms with Gasteiger partial charge in [0.15, 0.2) is 17.2 Å². The second-order valence-electron chi connectivity index (χ2n) is 7.76. The van der Waals surface area contributed by atoms with E-state index in [1.165, 1.54) is 18.5 Å². The van der Waals surface area contributed by atoms with Crippen LogP contribution in [0, 0.1) is 6.92 Å². The minimum atomic E-state index is -4.83. The molecule has 1 atom stereocenters. The minimum Gasteiger partial charge on any atom is -0.458 e. The largest absolute Gasteiger partial charge is 0.573 e. The zero-order chi connectivity index (χ0) is 23.2. The molecule has 1 unspecified atom stereocenters. The number of rotatable bonds is 5. The number of anilines is 1. The van der Waals surface area contributed by atoms with Crippen LogP contribution < -0.4 is 9.64 Å². The van der Waals surface area contributed by atoms with E-state index >= 15 is 0 Å². The van der Waals surface area contributed by atoms with Gasteiger partial charge in [-0.1, -0.05) is 0 Å². The van der Waals surface area contributed by atoms with Gasteiger partial charge in [-0.05, 0) is 37.6 Å². The van der Waals surface area contributed by atoms with Crippen LogP contribution in [0.4, 0.5) is 18.9 Å². The molecule has 8 nitrogen and oxygen atoms in total. The molecule has 5 rings (SSSR count). The maximum atomic E-state index is 13.1. The fraction of sp³-hybridized carbons (Fsp3) is 0.318. The maximum absolute atomic E-state index is 13.1. The summed E-state index contributed by atoms with van der Waals surface area (Å²) in [5, 5.41) is 0. The number of aromatic nitrogens is 4. The number of furan rings is 1. The van der Waals surface area contributed by atoms with E-state index in [-0.39, 0.29) is 17.7 Å². The molecule has 1 fully saturated rings. The number of halogens is 3. The summed E-state index contributed by atoms with van der Waals surface area (Å²) in [7, 11) is 1.62. The molecule has 3 aromatic heterocycles. The lowest BCUT2D eigenvalue weighted by atomic mass is 10.1. The van der Waals surface area contributed by atoms with Gasteiger partial charge >= 0.3 is 6.36 Å². The van der Waals surface area contributed by atoms with Crippen LogP contribution in [0.15, 0.2) is 41.1 Å². The summed E-state index contributed by atoms with van der Waals surface area (Å²) < 4.78 is 54.6. The van der Waals surface area contributed by atoms with Gasteiger partial charge in [-0.2, -0.15) is 0 Å². The Bertz CT molecular complexity index is 1300. The van der Waals surface area contributed by atoms with Gasteiger partial charge in [0.05, 0.1) is 12.4 Å². The summed E-state index contributed by atoms with van der Waals surface area (Å²) >= 11 is 0. The lowest BCUT2D eigenvalue weighted by Gasteiger charge is -2.21. The second-order valence-corrected chi connectivity index (χ2v) is 7.76. The van der Waals surface area contributed by atoms with Crippen LogP contribution in [0.5, 0.6) is 5.75 Å². The van der Waals surface area contributed by atoms with E-state index in [4.69, 9.17) is 9.15 Å². The van der Waals surface area contributed by atoms with Gasteiger partial charge < -0.3 is 23.8 Å². The second kappa shape index (κ2) is 8.07. The molecule has 0 amide bonds. The number of nitrogens with zero attached hydrogens (tertiary/aromatic N) is 4. The molecule has 33 heavy (non-hydrogen) atoms. The van der Waals surface area contributed by atoms with Crippen molar-refractivity contribution in [2.24, 2.45) is 0 Å². The van der Waals surface area contributed by atoms with E-state index in [0.717, 1.165) is 6.42 Å². The number of alkyl halides is 3. The Labute approximate surface area is 186 Å². The van der Waals surface area contributed by atoms with Crippen LogP contribution in [0.3, 0.4) is 0 Å². The molecule has 1 aliphatic rings. The molecule has 4 aromatic rings. The van der Waals surface area contributed by atoms with Gasteiger partial charge in [0.1, 0.15) is 22.7 Å². The number of benzene rings is 1. The molecule has 0 bridgehead atoms. The van der Waals surface area contributed by atoms with Gasteiger partial charge in [0, 0.05) is 37.5 Å². The molecule has 0 radical (unpaired) electrons. The molecular formula is C22H20F3N5O3. The van der Waals surface area contributed by atoms with Crippen molar-refractivity contribution in [3.8, 4) is 28.6 Å². The average molecular weight is 459 g/mol. The van der Waals surface area contributed by atoms with E-state index in [1.54, 1.807) is 32.2 Å². The Kier molecular flexibility index (Phi) is 5.20. The number of hydrogen-bond acceptors (Lipinski definition) is 7. The third-order valence-electron chi connectivity index (χ3n) is 5.49. The summed E-state index contributed by atoms with van der Waals surface area (Å²) in [5.74, 6) is 1.06. The average Bonchev–Trinajstić information content (AvgIpc) is 3.51. The highest BCUT2D eigenvalue weighted by Gasteiger charge is 2.32. The number of nitrogens with one attached hydrogen (secondary N) is 1. The van der Waals surface area contributed by atoms with Gasteiger partial charge in [-0.3, -0.25) is 0 Å². The standard InChI is InChI=1S/C22H20F3N5O3/c1-12-3-4-17(32-12)20-28-18(19-21(29-20)27-11-26-19)13-7-14(30-6-5-15(10-30)31-2)9-16(8-13)33-22(23,24)25/h3-4,7-9,11,15H,5-6,10H2,1-2H3,(H,26,27,28,29). The first-order valence-corrected chi connectivity index (χ1v) is 10.3. The number of imidazole rings is 1. The van der Waals surface area contributed by atoms with Crippen LogP contribution in [0.2, 0.25) is 0 Å². The van der Waals surface area contributed by atoms with E-state index < -0.39 is 6.36 Å². The van der Waals surface area contributed by atoms with Gasteiger partial charge in [0.2, 0.25) is 0 Å². The van der Waals surface area contributed by atoms with Crippen molar-refractivity contribution in [3.63, 3.8) is 0 Å². The van der Waals surface area contributed by atoms with Crippen molar-refractivity contribution in [3.05, 3.63) is 42.4 Å². The lowest BCUT2D eigenvalue weighted by Crippen LogP contribution is -2.23. The molecule has 1 aromatic carbocycles. The predicted molar refractivity (Wildman–Crippen MR) is 114 cm³/mol. The van der Waals surface area contributed by atoms with Crippen molar-refractivity contribution in [2.45, 2.75) is 25.8 Å². The molecular weight excluding hydrogens is 439 g/mol. The molecule has 0 spiro atoms. The third kappa shape index (κ3) is 4.36. The van der Waals surface area contributed by atoms with E-state index in [1.807, 2.05) is 4.90 Å². The van der Waals surface area contributed by atoms with Crippen molar-refractivity contribution in [2.75, 3.05) is 25.1 Å². The van der Waals surface area contributed by atoms with Gasteiger partial charge in [-0.25, -0.2) is 15.0 Å². The Morgan fingerprint density at radius 2 is 2.03 bits per heavy atom. The summed E-state index contributed by atoms with van der Waals surface area (Å²) in [6.45, 7) is 3.00. The first-order valence-electron chi connectivity index (χ1n) is 10.3. The first kappa shape index (κ1) is 21.3. The number of aryl methyl sites for hydroxylation is 1. The molecule has 0 aliphatic carbocycles. The van der Waals surface area contributed by atoms with E-state index in [9.17, 15) is 13.2 Å². The molecule has 172 valence electrons. The van der Waals surface area contributed by atoms with Gasteiger partial charge in [-0.15, -0.1) is 13.2 Å². The molecule has 0 saturated carbocycles. The Hall–Kier alpha value is -3.60. The van der Waals surface area contributed by atoms with E-state index in [2.05, 4.69) is 24.7 Å². The van der Waals surface area contributed by atoms with Crippen LogP contribution in [-0.4, -0.2) is 52.6 Å². The maximum Gasteiger partial charge on any atom is 0.573 e. The molecule has 4 heterocycles. The zero-order valence-electron chi connectivity index (χ0n) is 17.8. The van der Waals surface area contributed by atoms with Crippen molar-refractivity contribution >= 4 is 16.9 Å². The Morgan fingerprint density at radius 3 is 2.73 bits per heavy atom. The molecule has 1 aliphatic heterocycles. The minimum absolute atomic E-state index is 0.00722. The summed E-state index contributed by atoms with van der Waals surface area (Å²) in [6.07, 6.45) is -2.59. The van der Waals surface area contributed by atoms with Crippen molar-refractivity contribution in [1.29, 1.82) is 0 Å². The molecule has 1 saturated heterocycles. The van der Waals surface area contributed by atoms with Crippen molar-refractivity contribution < 1.29 is 27.1 Å². The number of fused-ring (bicyclic) bond motifs is 1. The number of methoxy groups -OCH3 is 1. The fourth-order valence-electron chi connectivity index (χ4n) is 3.96. The zero-order valence-corrected chi connectivity index (χ0v) is 17.8. The predicted octanol–water partition coefficient (Wildman–Crippen LogP) is 4.71. The van der Waals surface area contributed by atoms with E-state index in [0.29, 0.717) is 52.7 Å². The third-order valence-corrected chi connectivity index (χ3v) is 5.49. The number of ether oxygens (including phenoxy) is 2. The number of H-pyrrole nitrogens is 1. The van der Waals surface area contributed by atoms with Crippen LogP contribution >= 0.6 is 0 Å². The van der Waals surface area contributed by atoms with Gasteiger partial charge in [0.25, 0.3) is 0 Å². The molecule has 1 N–H and O–H groups in total. The summed E-state index contributed by atoms with van der Waals surface area (Å²) in [6, 6.07) is 7.97. The van der Waals surface area contributed by atoms with Crippen molar-refractivity contribution in [1.82, 2.24) is 19.9 Å². The normalized spacial score (nSPS) is 16.6. The lowest BCUT2D eigenvalue weighted by molar-refractivity contribution is -0.274. The summed E-state index contributed by atoms with van der Waals surface area (Å²) in [5.41, 5.74) is 2.25. The highest BCUT2D eigenvalue weighted by molar-refractivity contribution is 5.89. The quantitative estimate of drug-likeness (QED) is 0.462.